The average Bonchev–Trinajstić information content (AvgIpc) is 2.18. The first-order valence-corrected chi connectivity index (χ1v) is 5.34. The quantitative estimate of drug-likeness (QED) is 0.742. The summed E-state index contributed by atoms with van der Waals surface area (Å²) in [7, 11) is 0. The summed E-state index contributed by atoms with van der Waals surface area (Å²) >= 11 is 0. The van der Waals surface area contributed by atoms with Crippen LogP contribution in [0, 0.1) is 5.82 Å². The number of hydrogen-bond acceptors (Lipinski definition) is 2. The summed E-state index contributed by atoms with van der Waals surface area (Å²) < 4.78 is 12.7. The van der Waals surface area contributed by atoms with Gasteiger partial charge in [-0.1, -0.05) is 12.1 Å². The van der Waals surface area contributed by atoms with Gasteiger partial charge >= 0.3 is 0 Å². The van der Waals surface area contributed by atoms with Gasteiger partial charge < -0.3 is 10.8 Å². The van der Waals surface area contributed by atoms with E-state index in [2.05, 4.69) is 0 Å². The van der Waals surface area contributed by atoms with Gasteiger partial charge in [-0.15, -0.1) is 0 Å². The first-order valence-electron chi connectivity index (χ1n) is 5.34. The van der Waals surface area contributed by atoms with Crippen molar-refractivity contribution >= 4 is 0 Å². The smallest absolute Gasteiger partial charge is 0.123 e. The van der Waals surface area contributed by atoms with Crippen molar-refractivity contribution in [2.24, 2.45) is 5.73 Å². The number of halogens is 1. The molecule has 0 aromatic heterocycles. The van der Waals surface area contributed by atoms with Crippen molar-refractivity contribution in [3.8, 4) is 0 Å². The minimum absolute atomic E-state index is 0.0498. The summed E-state index contributed by atoms with van der Waals surface area (Å²) in [5.41, 5.74) is 5.76. The highest BCUT2D eigenvalue weighted by molar-refractivity contribution is 5.24. The largest absolute Gasteiger partial charge is 0.385 e. The van der Waals surface area contributed by atoms with Crippen LogP contribution < -0.4 is 5.73 Å². The fourth-order valence-corrected chi connectivity index (χ4v) is 2.32. The maximum Gasteiger partial charge on any atom is 0.123 e. The van der Waals surface area contributed by atoms with E-state index in [0.717, 1.165) is 18.4 Å². The summed E-state index contributed by atoms with van der Waals surface area (Å²) in [5.74, 6) is -0.276. The van der Waals surface area contributed by atoms with Gasteiger partial charge in [-0.05, 0) is 43.4 Å². The molecule has 3 N–H and O–H groups in total. The van der Waals surface area contributed by atoms with E-state index in [-0.39, 0.29) is 11.9 Å². The molecule has 0 radical (unpaired) electrons. The van der Waals surface area contributed by atoms with Crippen molar-refractivity contribution in [3.63, 3.8) is 0 Å². The Morgan fingerprint density at radius 1 is 1.33 bits per heavy atom. The molecule has 15 heavy (non-hydrogen) atoms. The minimum Gasteiger partial charge on any atom is -0.385 e. The van der Waals surface area contributed by atoms with Crippen molar-refractivity contribution < 1.29 is 9.50 Å². The van der Waals surface area contributed by atoms with E-state index in [1.54, 1.807) is 12.1 Å². The minimum atomic E-state index is -0.856. The van der Waals surface area contributed by atoms with Crippen LogP contribution in [0.2, 0.25) is 0 Å². The van der Waals surface area contributed by atoms with E-state index in [1.807, 2.05) is 0 Å². The molecule has 1 aliphatic carbocycles. The van der Waals surface area contributed by atoms with Crippen LogP contribution in [0.25, 0.3) is 0 Å². The van der Waals surface area contributed by atoms with Gasteiger partial charge in [0.1, 0.15) is 5.82 Å². The van der Waals surface area contributed by atoms with Gasteiger partial charge in [-0.3, -0.25) is 0 Å². The summed E-state index contributed by atoms with van der Waals surface area (Å²) in [6.07, 6.45) is 3.17. The van der Waals surface area contributed by atoms with Gasteiger partial charge in [0, 0.05) is 6.04 Å². The van der Waals surface area contributed by atoms with Gasteiger partial charge in [-0.2, -0.15) is 0 Å². The highest BCUT2D eigenvalue weighted by Gasteiger charge is 2.34. The third-order valence-electron chi connectivity index (χ3n) is 3.15. The van der Waals surface area contributed by atoms with Crippen molar-refractivity contribution in [2.75, 3.05) is 0 Å². The van der Waals surface area contributed by atoms with Gasteiger partial charge in [-0.25, -0.2) is 4.39 Å². The lowest BCUT2D eigenvalue weighted by Crippen LogP contribution is -2.39. The van der Waals surface area contributed by atoms with Crippen molar-refractivity contribution in [3.05, 3.63) is 35.6 Å². The molecule has 1 aromatic rings. The Morgan fingerprint density at radius 2 is 2.00 bits per heavy atom. The number of benzene rings is 1. The highest BCUT2D eigenvalue weighted by Crippen LogP contribution is 2.36. The molecule has 1 fully saturated rings. The second kappa shape index (κ2) is 3.91. The van der Waals surface area contributed by atoms with Gasteiger partial charge in [0.2, 0.25) is 0 Å². The molecule has 2 atom stereocenters. The Morgan fingerprint density at radius 3 is 2.60 bits per heavy atom. The van der Waals surface area contributed by atoms with E-state index in [0.29, 0.717) is 12.8 Å². The SMILES string of the molecule is NC1CCCC(O)(c2ccc(F)cc2)C1. The molecular weight excluding hydrogens is 193 g/mol. The first-order chi connectivity index (χ1) is 7.10. The highest BCUT2D eigenvalue weighted by atomic mass is 19.1. The van der Waals surface area contributed by atoms with Crippen LogP contribution in [0.4, 0.5) is 4.39 Å². The maximum absolute atomic E-state index is 12.7. The van der Waals surface area contributed by atoms with Crippen molar-refractivity contribution in [1.29, 1.82) is 0 Å². The van der Waals surface area contributed by atoms with E-state index < -0.39 is 5.60 Å². The third-order valence-corrected chi connectivity index (χ3v) is 3.15. The van der Waals surface area contributed by atoms with Crippen LogP contribution in [0.5, 0.6) is 0 Å². The summed E-state index contributed by atoms with van der Waals surface area (Å²) in [4.78, 5) is 0. The molecule has 3 heteroatoms. The lowest BCUT2D eigenvalue weighted by atomic mass is 9.78. The predicted molar refractivity (Wildman–Crippen MR) is 56.7 cm³/mol. The second-order valence-electron chi connectivity index (χ2n) is 4.39. The molecular formula is C12H16FNO. The van der Waals surface area contributed by atoms with Crippen LogP contribution in [0.3, 0.4) is 0 Å². The topological polar surface area (TPSA) is 46.2 Å². The maximum atomic E-state index is 12.7. The molecule has 0 heterocycles. The fourth-order valence-electron chi connectivity index (χ4n) is 2.32. The second-order valence-corrected chi connectivity index (χ2v) is 4.39. The summed E-state index contributed by atoms with van der Waals surface area (Å²) in [5, 5.41) is 10.4. The van der Waals surface area contributed by atoms with Gasteiger partial charge in [0.15, 0.2) is 0 Å². The van der Waals surface area contributed by atoms with E-state index in [9.17, 15) is 9.50 Å². The molecule has 2 rings (SSSR count). The lowest BCUT2D eigenvalue weighted by molar-refractivity contribution is -0.00721. The van der Waals surface area contributed by atoms with Gasteiger partial charge in [0.25, 0.3) is 0 Å². The van der Waals surface area contributed by atoms with Crippen LogP contribution in [0.1, 0.15) is 31.2 Å². The third kappa shape index (κ3) is 2.19. The molecule has 0 bridgehead atoms. The molecule has 0 spiro atoms. The molecule has 0 saturated heterocycles. The molecule has 2 unspecified atom stereocenters. The first kappa shape index (κ1) is 10.6. The summed E-state index contributed by atoms with van der Waals surface area (Å²) in [6.45, 7) is 0. The zero-order valence-corrected chi connectivity index (χ0v) is 8.62. The molecule has 0 aliphatic heterocycles. The van der Waals surface area contributed by atoms with Crippen LogP contribution in [0.15, 0.2) is 24.3 Å². The predicted octanol–water partition coefficient (Wildman–Crippen LogP) is 1.91. The Hall–Kier alpha value is -0.930. The Bertz CT molecular complexity index is 338. The number of rotatable bonds is 1. The fraction of sp³-hybridized carbons (Fsp3) is 0.500. The number of hydrogen-bond donors (Lipinski definition) is 2. The zero-order chi connectivity index (χ0) is 10.9. The standard InChI is InChI=1S/C12H16FNO/c13-10-5-3-9(4-6-10)12(15)7-1-2-11(14)8-12/h3-6,11,15H,1-2,7-8,14H2. The van der Waals surface area contributed by atoms with Crippen molar-refractivity contribution in [1.82, 2.24) is 0 Å². The molecule has 0 amide bonds. The average molecular weight is 209 g/mol. The van der Waals surface area contributed by atoms with Crippen molar-refractivity contribution in [2.45, 2.75) is 37.3 Å². The Kier molecular flexibility index (Phi) is 2.76. The lowest BCUT2D eigenvalue weighted by Gasteiger charge is -2.35. The molecule has 1 aromatic carbocycles. The molecule has 1 saturated carbocycles. The molecule has 2 nitrogen and oxygen atoms in total. The Balaban J connectivity index is 2.24. The van der Waals surface area contributed by atoms with E-state index in [4.69, 9.17) is 5.73 Å². The number of nitrogens with two attached hydrogens (primary N) is 1. The zero-order valence-electron chi connectivity index (χ0n) is 8.62. The monoisotopic (exact) mass is 209 g/mol. The van der Waals surface area contributed by atoms with E-state index >= 15 is 0 Å². The normalized spacial score (nSPS) is 31.5. The van der Waals surface area contributed by atoms with Crippen LogP contribution in [-0.2, 0) is 5.60 Å². The number of aliphatic hydroxyl groups is 1. The van der Waals surface area contributed by atoms with Gasteiger partial charge in [0.05, 0.1) is 5.60 Å². The Labute approximate surface area is 88.9 Å². The molecule has 82 valence electrons. The molecule has 1 aliphatic rings. The van der Waals surface area contributed by atoms with Crippen LogP contribution in [-0.4, -0.2) is 11.1 Å². The van der Waals surface area contributed by atoms with E-state index in [1.165, 1.54) is 12.1 Å². The van der Waals surface area contributed by atoms with Crippen LogP contribution >= 0.6 is 0 Å². The summed E-state index contributed by atoms with van der Waals surface area (Å²) in [6, 6.07) is 6.11.